The predicted molar refractivity (Wildman–Crippen MR) is 68.3 cm³/mol. The van der Waals surface area contributed by atoms with E-state index < -0.39 is 5.97 Å². The van der Waals surface area contributed by atoms with Gasteiger partial charge in [0, 0.05) is 14.8 Å². The van der Waals surface area contributed by atoms with Gasteiger partial charge in [-0.1, -0.05) is 11.6 Å². The van der Waals surface area contributed by atoms with E-state index in [4.69, 9.17) is 16.7 Å². The van der Waals surface area contributed by atoms with Gasteiger partial charge < -0.3 is 5.11 Å². The van der Waals surface area contributed by atoms with E-state index in [9.17, 15) is 4.79 Å². The third-order valence-corrected chi connectivity index (χ3v) is 3.06. The molecule has 0 fully saturated rings. The lowest BCUT2D eigenvalue weighted by Crippen LogP contribution is -2.02. The summed E-state index contributed by atoms with van der Waals surface area (Å²) in [5, 5.41) is 13.3. The third kappa shape index (κ3) is 2.19. The first kappa shape index (κ1) is 11.4. The molecule has 82 valence electrons. The molecule has 0 aliphatic heterocycles. The number of aromatic nitrogens is 2. The summed E-state index contributed by atoms with van der Waals surface area (Å²) >= 11 is 7.95. The lowest BCUT2D eigenvalue weighted by atomic mass is 10.3. The Bertz CT molecular complexity index is 554. The van der Waals surface area contributed by atoms with Crippen molar-refractivity contribution in [3.63, 3.8) is 0 Å². The normalized spacial score (nSPS) is 10.4. The highest BCUT2D eigenvalue weighted by Crippen LogP contribution is 2.21. The maximum absolute atomic E-state index is 10.7. The van der Waals surface area contributed by atoms with Gasteiger partial charge in [0.05, 0.1) is 5.69 Å². The quantitative estimate of drug-likeness (QED) is 0.849. The molecule has 1 N–H and O–H groups in total. The van der Waals surface area contributed by atoms with Crippen LogP contribution in [0.2, 0.25) is 5.02 Å². The van der Waals surface area contributed by atoms with Crippen LogP contribution in [0.15, 0.2) is 30.5 Å². The highest BCUT2D eigenvalue weighted by molar-refractivity contribution is 14.1. The molecule has 2 rings (SSSR count). The van der Waals surface area contributed by atoms with Crippen molar-refractivity contribution in [2.45, 2.75) is 0 Å². The van der Waals surface area contributed by atoms with Gasteiger partial charge in [-0.25, -0.2) is 9.48 Å². The summed E-state index contributed by atoms with van der Waals surface area (Å²) in [5.41, 5.74) is 0.822. The minimum absolute atomic E-state index is 0.0192. The van der Waals surface area contributed by atoms with Gasteiger partial charge in [0.15, 0.2) is 5.69 Å². The zero-order valence-electron chi connectivity index (χ0n) is 7.89. The average Bonchev–Trinajstić information content (AvgIpc) is 2.66. The first-order valence-corrected chi connectivity index (χ1v) is 5.78. The van der Waals surface area contributed by atoms with Crippen molar-refractivity contribution in [2.75, 3.05) is 0 Å². The summed E-state index contributed by atoms with van der Waals surface area (Å²) in [5.74, 6) is -1.04. The summed E-state index contributed by atoms with van der Waals surface area (Å²) in [7, 11) is 0. The number of carboxylic acids is 1. The molecule has 1 heterocycles. The lowest BCUT2D eigenvalue weighted by molar-refractivity contribution is 0.0690. The fourth-order valence-corrected chi connectivity index (χ4v) is 2.36. The first-order valence-electron chi connectivity index (χ1n) is 4.32. The van der Waals surface area contributed by atoms with Crippen LogP contribution in [0.5, 0.6) is 0 Å². The van der Waals surface area contributed by atoms with E-state index in [0.717, 1.165) is 9.26 Å². The van der Waals surface area contributed by atoms with E-state index in [1.54, 1.807) is 24.4 Å². The monoisotopic (exact) mass is 348 g/mol. The average molecular weight is 349 g/mol. The highest BCUT2D eigenvalue weighted by Gasteiger charge is 2.09. The molecule has 2 aromatic rings. The van der Waals surface area contributed by atoms with E-state index in [-0.39, 0.29) is 5.69 Å². The zero-order chi connectivity index (χ0) is 11.7. The maximum atomic E-state index is 10.7. The number of aromatic carboxylic acids is 1. The van der Waals surface area contributed by atoms with E-state index in [1.807, 2.05) is 0 Å². The van der Waals surface area contributed by atoms with Crippen molar-refractivity contribution >= 4 is 40.2 Å². The summed E-state index contributed by atoms with van der Waals surface area (Å²) < 4.78 is 2.42. The molecule has 0 saturated heterocycles. The second-order valence-electron chi connectivity index (χ2n) is 3.05. The Morgan fingerprint density at radius 3 is 2.75 bits per heavy atom. The van der Waals surface area contributed by atoms with Crippen LogP contribution in [0, 0.1) is 3.57 Å². The molecule has 1 aromatic heterocycles. The standard InChI is InChI=1S/C10H6ClIN2O2/c11-6-1-2-9(7(12)5-6)14-4-3-8(13-14)10(15)16/h1-5H,(H,15,16). The van der Waals surface area contributed by atoms with E-state index in [1.165, 1.54) is 10.7 Å². The Balaban J connectivity index is 2.46. The number of benzene rings is 1. The van der Waals surface area contributed by atoms with E-state index in [2.05, 4.69) is 27.7 Å². The summed E-state index contributed by atoms with van der Waals surface area (Å²) in [4.78, 5) is 10.7. The van der Waals surface area contributed by atoms with Crippen molar-refractivity contribution in [1.82, 2.24) is 9.78 Å². The maximum Gasteiger partial charge on any atom is 0.356 e. The smallest absolute Gasteiger partial charge is 0.356 e. The molecule has 4 nitrogen and oxygen atoms in total. The molecule has 0 amide bonds. The van der Waals surface area contributed by atoms with Crippen molar-refractivity contribution in [3.05, 3.63) is 44.7 Å². The predicted octanol–water partition coefficient (Wildman–Crippen LogP) is 2.83. The number of nitrogens with zero attached hydrogens (tertiary/aromatic N) is 2. The van der Waals surface area contributed by atoms with Crippen molar-refractivity contribution in [2.24, 2.45) is 0 Å². The number of hydrogen-bond acceptors (Lipinski definition) is 2. The molecule has 0 radical (unpaired) electrons. The number of carbonyl (C=O) groups is 1. The van der Waals surface area contributed by atoms with Gasteiger partial charge in [-0.05, 0) is 46.9 Å². The Morgan fingerprint density at radius 1 is 1.44 bits per heavy atom. The summed E-state index contributed by atoms with van der Waals surface area (Å²) in [6, 6.07) is 6.77. The second kappa shape index (κ2) is 4.42. The topological polar surface area (TPSA) is 55.1 Å². The SMILES string of the molecule is O=C(O)c1ccn(-c2ccc(Cl)cc2I)n1. The number of rotatable bonds is 2. The number of carboxylic acid groups (broad SMARTS) is 1. The van der Waals surface area contributed by atoms with Gasteiger partial charge >= 0.3 is 5.97 Å². The largest absolute Gasteiger partial charge is 0.476 e. The number of halogens is 2. The van der Waals surface area contributed by atoms with E-state index in [0.29, 0.717) is 5.02 Å². The van der Waals surface area contributed by atoms with Crippen LogP contribution in [0.4, 0.5) is 0 Å². The van der Waals surface area contributed by atoms with Gasteiger partial charge in [-0.2, -0.15) is 5.10 Å². The molecular weight excluding hydrogens is 342 g/mol. The van der Waals surface area contributed by atoms with Gasteiger partial charge in [-0.3, -0.25) is 0 Å². The van der Waals surface area contributed by atoms with Crippen LogP contribution in [-0.2, 0) is 0 Å². The molecule has 0 atom stereocenters. The van der Waals surface area contributed by atoms with Crippen molar-refractivity contribution < 1.29 is 9.90 Å². The summed E-state index contributed by atoms with van der Waals surface area (Å²) in [6.07, 6.45) is 1.61. The van der Waals surface area contributed by atoms with Crippen LogP contribution in [0.25, 0.3) is 5.69 Å². The van der Waals surface area contributed by atoms with Gasteiger partial charge in [0.25, 0.3) is 0 Å². The van der Waals surface area contributed by atoms with Crippen LogP contribution in [0.1, 0.15) is 10.5 Å². The Hall–Kier alpha value is -1.08. The third-order valence-electron chi connectivity index (χ3n) is 1.96. The van der Waals surface area contributed by atoms with Crippen LogP contribution < -0.4 is 0 Å². The molecule has 6 heteroatoms. The Labute approximate surface area is 110 Å². The molecule has 0 unspecified atom stereocenters. The van der Waals surface area contributed by atoms with Gasteiger partial charge in [0.1, 0.15) is 0 Å². The molecule has 16 heavy (non-hydrogen) atoms. The molecule has 1 aromatic carbocycles. The Morgan fingerprint density at radius 2 is 2.19 bits per heavy atom. The molecular formula is C10H6ClIN2O2. The number of hydrogen-bond donors (Lipinski definition) is 1. The second-order valence-corrected chi connectivity index (χ2v) is 4.65. The zero-order valence-corrected chi connectivity index (χ0v) is 10.8. The van der Waals surface area contributed by atoms with E-state index >= 15 is 0 Å². The first-order chi connectivity index (χ1) is 7.58. The minimum atomic E-state index is -1.04. The van der Waals surface area contributed by atoms with Gasteiger partial charge in [-0.15, -0.1) is 0 Å². The lowest BCUT2D eigenvalue weighted by Gasteiger charge is -2.04. The van der Waals surface area contributed by atoms with Crippen LogP contribution in [0.3, 0.4) is 0 Å². The fraction of sp³-hybridized carbons (Fsp3) is 0. The molecule has 0 saturated carbocycles. The Kier molecular flexibility index (Phi) is 3.15. The summed E-state index contributed by atoms with van der Waals surface area (Å²) in [6.45, 7) is 0. The minimum Gasteiger partial charge on any atom is -0.476 e. The van der Waals surface area contributed by atoms with Gasteiger partial charge in [0.2, 0.25) is 0 Å². The van der Waals surface area contributed by atoms with Crippen molar-refractivity contribution in [1.29, 1.82) is 0 Å². The highest BCUT2D eigenvalue weighted by atomic mass is 127. The molecule has 0 bridgehead atoms. The molecule has 0 aliphatic rings. The fourth-order valence-electron chi connectivity index (χ4n) is 1.24. The molecule has 0 aliphatic carbocycles. The van der Waals surface area contributed by atoms with Crippen LogP contribution in [-0.4, -0.2) is 20.9 Å². The van der Waals surface area contributed by atoms with Crippen molar-refractivity contribution in [3.8, 4) is 5.69 Å². The molecule has 0 spiro atoms. The van der Waals surface area contributed by atoms with Crippen LogP contribution >= 0.6 is 34.2 Å².